The lowest BCUT2D eigenvalue weighted by Crippen LogP contribution is -2.25. The maximum Gasteiger partial charge on any atom is 0.259 e. The molecule has 1 aliphatic rings. The normalized spacial score (nSPS) is 13.8. The maximum atomic E-state index is 13.3. The fourth-order valence-electron chi connectivity index (χ4n) is 3.98. The highest BCUT2D eigenvalue weighted by Gasteiger charge is 2.30. The van der Waals surface area contributed by atoms with Crippen molar-refractivity contribution in [3.8, 4) is 11.3 Å². The average Bonchev–Trinajstić information content (AvgIpc) is 3.22. The minimum Gasteiger partial charge on any atom is -0.346 e. The second-order valence-electron chi connectivity index (χ2n) is 7.86. The summed E-state index contributed by atoms with van der Waals surface area (Å²) >= 11 is 0. The smallest absolute Gasteiger partial charge is 0.259 e. The summed E-state index contributed by atoms with van der Waals surface area (Å²) < 4.78 is 9.37. The predicted octanol–water partition coefficient (Wildman–Crippen LogP) is 3.44. The van der Waals surface area contributed by atoms with Gasteiger partial charge in [0.1, 0.15) is 5.69 Å². The van der Waals surface area contributed by atoms with Crippen LogP contribution in [0.2, 0.25) is 0 Å². The molecule has 1 fully saturated rings. The highest BCUT2D eigenvalue weighted by molar-refractivity contribution is 6.09. The first-order chi connectivity index (χ1) is 15.1. The van der Waals surface area contributed by atoms with Crippen LogP contribution < -0.4 is 5.32 Å². The molecule has 1 amide bonds. The molecular formula is C22H25N7O2. The van der Waals surface area contributed by atoms with Gasteiger partial charge < -0.3 is 9.84 Å². The van der Waals surface area contributed by atoms with Gasteiger partial charge in [-0.1, -0.05) is 5.16 Å². The van der Waals surface area contributed by atoms with Gasteiger partial charge in [-0.05, 0) is 45.7 Å². The van der Waals surface area contributed by atoms with Crippen LogP contribution in [0.1, 0.15) is 60.0 Å². The minimum atomic E-state index is -0.178. The first-order valence-electron chi connectivity index (χ1n) is 10.7. The number of carbonyl (C=O) groups is 1. The van der Waals surface area contributed by atoms with Crippen LogP contribution in [-0.2, 0) is 19.6 Å². The number of aromatic nitrogens is 6. The van der Waals surface area contributed by atoms with Gasteiger partial charge in [-0.15, -0.1) is 0 Å². The van der Waals surface area contributed by atoms with Crippen molar-refractivity contribution in [2.45, 2.75) is 59.2 Å². The molecule has 4 heterocycles. The van der Waals surface area contributed by atoms with Crippen LogP contribution >= 0.6 is 0 Å². The molecule has 0 bridgehead atoms. The summed E-state index contributed by atoms with van der Waals surface area (Å²) in [5.41, 5.74) is 5.20. The number of fused-ring (bicyclic) bond motifs is 1. The monoisotopic (exact) mass is 419 g/mol. The first-order valence-corrected chi connectivity index (χ1v) is 10.7. The van der Waals surface area contributed by atoms with Crippen LogP contribution in [0.4, 0.5) is 0 Å². The molecule has 0 spiro atoms. The predicted molar refractivity (Wildman–Crippen MR) is 114 cm³/mol. The summed E-state index contributed by atoms with van der Waals surface area (Å²) in [5, 5.41) is 16.6. The number of nitrogens with one attached hydrogen (secondary N) is 1. The van der Waals surface area contributed by atoms with Gasteiger partial charge in [0.2, 0.25) is 0 Å². The zero-order valence-corrected chi connectivity index (χ0v) is 17.9. The van der Waals surface area contributed by atoms with E-state index in [2.05, 4.69) is 25.7 Å². The Hall–Kier alpha value is -3.49. The van der Waals surface area contributed by atoms with Crippen molar-refractivity contribution in [2.24, 2.45) is 0 Å². The maximum absolute atomic E-state index is 13.3. The fraction of sp³-hybridized carbons (Fsp3) is 0.409. The topological polar surface area (TPSA) is 104 Å². The Morgan fingerprint density at radius 1 is 1.23 bits per heavy atom. The largest absolute Gasteiger partial charge is 0.346 e. The van der Waals surface area contributed by atoms with E-state index in [4.69, 9.17) is 4.52 Å². The summed E-state index contributed by atoms with van der Waals surface area (Å²) in [6.07, 6.45) is 5.68. The molecule has 4 aromatic rings. The van der Waals surface area contributed by atoms with E-state index in [9.17, 15) is 4.79 Å². The summed E-state index contributed by atoms with van der Waals surface area (Å²) in [6.45, 7) is 7.94. The Labute approximate surface area is 179 Å². The number of rotatable bonds is 7. The van der Waals surface area contributed by atoms with Crippen LogP contribution in [0.5, 0.6) is 0 Å². The number of amides is 1. The SMILES string of the molecule is CCn1nccc1CNC(=O)c1cc(C2CC2)nc2onc(-c3cnn(CC)c3C)c12. The van der Waals surface area contributed by atoms with Crippen LogP contribution in [0, 0.1) is 6.92 Å². The molecule has 0 aliphatic heterocycles. The van der Waals surface area contributed by atoms with Crippen LogP contribution in [-0.4, -0.2) is 35.6 Å². The molecule has 0 atom stereocenters. The van der Waals surface area contributed by atoms with E-state index >= 15 is 0 Å². The molecule has 0 aromatic carbocycles. The number of hydrogen-bond acceptors (Lipinski definition) is 6. The summed E-state index contributed by atoms with van der Waals surface area (Å²) in [5.74, 6) is 0.207. The van der Waals surface area contributed by atoms with Gasteiger partial charge in [0.25, 0.3) is 11.6 Å². The average molecular weight is 419 g/mol. The highest BCUT2D eigenvalue weighted by Crippen LogP contribution is 2.41. The summed E-state index contributed by atoms with van der Waals surface area (Å²) in [7, 11) is 0. The van der Waals surface area contributed by atoms with Crippen molar-refractivity contribution in [1.29, 1.82) is 0 Å². The van der Waals surface area contributed by atoms with Gasteiger partial charge in [-0.3, -0.25) is 14.2 Å². The third-order valence-corrected chi connectivity index (χ3v) is 5.90. The van der Waals surface area contributed by atoms with E-state index in [0.29, 0.717) is 34.8 Å². The molecule has 0 unspecified atom stereocenters. The van der Waals surface area contributed by atoms with E-state index < -0.39 is 0 Å². The number of hydrogen-bond donors (Lipinski definition) is 1. The van der Waals surface area contributed by atoms with E-state index in [1.807, 2.05) is 42.3 Å². The van der Waals surface area contributed by atoms with Crippen molar-refractivity contribution in [3.05, 3.63) is 47.2 Å². The molecule has 9 nitrogen and oxygen atoms in total. The van der Waals surface area contributed by atoms with Crippen LogP contribution in [0.25, 0.3) is 22.4 Å². The van der Waals surface area contributed by atoms with Crippen LogP contribution in [0.15, 0.2) is 29.0 Å². The second kappa shape index (κ2) is 7.64. The Balaban J connectivity index is 1.57. The zero-order valence-electron chi connectivity index (χ0n) is 17.9. The number of aryl methyl sites for hydroxylation is 2. The minimum absolute atomic E-state index is 0.178. The molecule has 1 saturated carbocycles. The lowest BCUT2D eigenvalue weighted by atomic mass is 10.0. The van der Waals surface area contributed by atoms with Crippen molar-refractivity contribution in [2.75, 3.05) is 0 Å². The molecule has 31 heavy (non-hydrogen) atoms. The Morgan fingerprint density at radius 2 is 2.03 bits per heavy atom. The van der Waals surface area contributed by atoms with Crippen molar-refractivity contribution >= 4 is 17.0 Å². The van der Waals surface area contributed by atoms with E-state index in [-0.39, 0.29) is 5.91 Å². The Bertz CT molecular complexity index is 1260. The van der Waals surface area contributed by atoms with Gasteiger partial charge >= 0.3 is 0 Å². The summed E-state index contributed by atoms with van der Waals surface area (Å²) in [4.78, 5) is 18.0. The van der Waals surface area contributed by atoms with Crippen LogP contribution in [0.3, 0.4) is 0 Å². The molecule has 9 heteroatoms. The quantitative estimate of drug-likeness (QED) is 0.492. The standard InChI is InChI=1S/C22H25N7O2/c1-4-28-13(3)17(12-25-28)20-19-16(10-18(14-6-7-14)26-22(19)31-27-20)21(30)23-11-15-8-9-24-29(15)5-2/h8-10,12,14H,4-7,11H2,1-3H3,(H,23,30). The Morgan fingerprint density at radius 3 is 2.74 bits per heavy atom. The third kappa shape index (κ3) is 3.39. The van der Waals surface area contributed by atoms with Gasteiger partial charge in [0.15, 0.2) is 0 Å². The molecule has 5 rings (SSSR count). The number of carbonyl (C=O) groups excluding carboxylic acids is 1. The molecule has 0 radical (unpaired) electrons. The molecule has 0 saturated heterocycles. The van der Waals surface area contributed by atoms with Gasteiger partial charge in [-0.2, -0.15) is 10.2 Å². The number of nitrogens with zero attached hydrogens (tertiary/aromatic N) is 6. The van der Waals surface area contributed by atoms with E-state index in [1.165, 1.54) is 0 Å². The third-order valence-electron chi connectivity index (χ3n) is 5.90. The zero-order chi connectivity index (χ0) is 21.5. The van der Waals surface area contributed by atoms with Gasteiger partial charge in [-0.25, -0.2) is 4.98 Å². The molecular weight excluding hydrogens is 394 g/mol. The second-order valence-corrected chi connectivity index (χ2v) is 7.86. The van der Waals surface area contributed by atoms with Gasteiger partial charge in [0, 0.05) is 42.2 Å². The van der Waals surface area contributed by atoms with E-state index in [1.54, 1.807) is 12.4 Å². The lowest BCUT2D eigenvalue weighted by molar-refractivity contribution is 0.0951. The highest BCUT2D eigenvalue weighted by atomic mass is 16.5. The molecule has 4 aromatic heterocycles. The first kappa shape index (κ1) is 19.5. The van der Waals surface area contributed by atoms with Gasteiger partial charge in [0.05, 0.1) is 29.4 Å². The van der Waals surface area contributed by atoms with Crippen molar-refractivity contribution < 1.29 is 9.32 Å². The van der Waals surface area contributed by atoms with Crippen molar-refractivity contribution in [3.63, 3.8) is 0 Å². The lowest BCUT2D eigenvalue weighted by Gasteiger charge is -2.09. The molecule has 1 aliphatic carbocycles. The fourth-order valence-corrected chi connectivity index (χ4v) is 3.98. The summed E-state index contributed by atoms with van der Waals surface area (Å²) in [6, 6.07) is 3.81. The molecule has 160 valence electrons. The van der Waals surface area contributed by atoms with E-state index in [0.717, 1.165) is 48.6 Å². The number of pyridine rings is 1. The Kier molecular flexibility index (Phi) is 4.80. The molecule has 1 N–H and O–H groups in total. The van der Waals surface area contributed by atoms with Crippen molar-refractivity contribution in [1.82, 2.24) is 35.0 Å².